The molecule has 0 amide bonds. The SMILES string of the molecule is COC(=O)Cc1ccc(Cl)cn1. The van der Waals surface area contributed by atoms with E-state index in [4.69, 9.17) is 11.6 Å². The summed E-state index contributed by atoms with van der Waals surface area (Å²) in [4.78, 5) is 14.7. The molecule has 0 spiro atoms. The largest absolute Gasteiger partial charge is 0.469 e. The van der Waals surface area contributed by atoms with Crippen LogP contribution in [0.15, 0.2) is 18.3 Å². The monoisotopic (exact) mass is 185 g/mol. The maximum Gasteiger partial charge on any atom is 0.311 e. The second-order valence-electron chi connectivity index (χ2n) is 2.22. The number of hydrogen-bond acceptors (Lipinski definition) is 3. The highest BCUT2D eigenvalue weighted by Crippen LogP contribution is 2.06. The lowest BCUT2D eigenvalue weighted by Gasteiger charge is -1.97. The molecular formula is C8H8ClNO2. The minimum absolute atomic E-state index is 0.188. The van der Waals surface area contributed by atoms with Gasteiger partial charge in [0.25, 0.3) is 0 Å². The van der Waals surface area contributed by atoms with E-state index in [-0.39, 0.29) is 12.4 Å². The Balaban J connectivity index is 2.64. The van der Waals surface area contributed by atoms with Crippen molar-refractivity contribution in [3.63, 3.8) is 0 Å². The maximum atomic E-state index is 10.8. The molecule has 0 aromatic carbocycles. The molecule has 4 heteroatoms. The van der Waals surface area contributed by atoms with Crippen molar-refractivity contribution in [2.45, 2.75) is 6.42 Å². The van der Waals surface area contributed by atoms with Crippen molar-refractivity contribution in [1.82, 2.24) is 4.98 Å². The number of ether oxygens (including phenoxy) is 1. The molecular weight excluding hydrogens is 178 g/mol. The van der Waals surface area contributed by atoms with Gasteiger partial charge < -0.3 is 4.74 Å². The van der Waals surface area contributed by atoms with Crippen LogP contribution in [0.3, 0.4) is 0 Å². The quantitative estimate of drug-likeness (QED) is 0.655. The summed E-state index contributed by atoms with van der Waals surface area (Å²) in [5, 5.41) is 0.559. The Hall–Kier alpha value is -1.09. The molecule has 1 aromatic rings. The van der Waals surface area contributed by atoms with Gasteiger partial charge in [-0.2, -0.15) is 0 Å². The fourth-order valence-corrected chi connectivity index (χ4v) is 0.843. The van der Waals surface area contributed by atoms with E-state index in [9.17, 15) is 4.79 Å². The summed E-state index contributed by atoms with van der Waals surface area (Å²) in [5.74, 6) is -0.301. The molecule has 64 valence electrons. The second kappa shape index (κ2) is 4.07. The van der Waals surface area contributed by atoms with Crippen molar-refractivity contribution >= 4 is 17.6 Å². The van der Waals surface area contributed by atoms with Crippen molar-refractivity contribution in [2.75, 3.05) is 7.11 Å². The first-order valence-corrected chi connectivity index (χ1v) is 3.77. The first kappa shape index (κ1) is 9.00. The highest BCUT2D eigenvalue weighted by molar-refractivity contribution is 6.30. The summed E-state index contributed by atoms with van der Waals surface area (Å²) in [6.07, 6.45) is 1.69. The Morgan fingerprint density at radius 1 is 1.67 bits per heavy atom. The third-order valence-electron chi connectivity index (χ3n) is 1.34. The van der Waals surface area contributed by atoms with Gasteiger partial charge in [-0.1, -0.05) is 11.6 Å². The van der Waals surface area contributed by atoms with Gasteiger partial charge in [0.2, 0.25) is 0 Å². The van der Waals surface area contributed by atoms with Crippen LogP contribution in [0.2, 0.25) is 5.02 Å². The van der Waals surface area contributed by atoms with Gasteiger partial charge in [0.1, 0.15) is 0 Å². The van der Waals surface area contributed by atoms with Crippen molar-refractivity contribution < 1.29 is 9.53 Å². The fourth-order valence-electron chi connectivity index (χ4n) is 0.731. The molecule has 3 nitrogen and oxygen atoms in total. The van der Waals surface area contributed by atoms with Crippen LogP contribution in [0.4, 0.5) is 0 Å². The Kier molecular flexibility index (Phi) is 3.05. The molecule has 12 heavy (non-hydrogen) atoms. The van der Waals surface area contributed by atoms with Gasteiger partial charge in [-0.05, 0) is 12.1 Å². The van der Waals surface area contributed by atoms with Gasteiger partial charge in [-0.25, -0.2) is 0 Å². The maximum absolute atomic E-state index is 10.8. The summed E-state index contributed by atoms with van der Waals surface area (Å²) in [6, 6.07) is 3.38. The van der Waals surface area contributed by atoms with E-state index in [1.807, 2.05) is 0 Å². The molecule has 0 fully saturated rings. The molecule has 0 bridgehead atoms. The van der Waals surface area contributed by atoms with Crippen LogP contribution in [0, 0.1) is 0 Å². The standard InChI is InChI=1S/C8H8ClNO2/c1-12-8(11)4-7-3-2-6(9)5-10-7/h2-3,5H,4H2,1H3. The molecule has 0 atom stereocenters. The number of halogens is 1. The summed E-state index contributed by atoms with van der Waals surface area (Å²) >= 11 is 5.60. The van der Waals surface area contributed by atoms with E-state index in [0.717, 1.165) is 0 Å². The minimum atomic E-state index is -0.301. The smallest absolute Gasteiger partial charge is 0.311 e. The zero-order chi connectivity index (χ0) is 8.97. The van der Waals surface area contributed by atoms with Crippen molar-refractivity contribution in [3.05, 3.63) is 29.0 Å². The molecule has 0 aliphatic carbocycles. The normalized spacial score (nSPS) is 9.50. The van der Waals surface area contributed by atoms with E-state index in [1.54, 1.807) is 12.1 Å². The molecule has 0 N–H and O–H groups in total. The molecule has 0 saturated carbocycles. The highest BCUT2D eigenvalue weighted by atomic mass is 35.5. The van der Waals surface area contributed by atoms with Gasteiger partial charge in [0, 0.05) is 6.20 Å². The molecule has 1 heterocycles. The highest BCUT2D eigenvalue weighted by Gasteiger charge is 2.02. The third kappa shape index (κ3) is 2.51. The Morgan fingerprint density at radius 3 is 2.92 bits per heavy atom. The lowest BCUT2D eigenvalue weighted by Crippen LogP contribution is -2.05. The second-order valence-corrected chi connectivity index (χ2v) is 2.66. The van der Waals surface area contributed by atoms with Crippen LogP contribution in [0.1, 0.15) is 5.69 Å². The summed E-state index contributed by atoms with van der Waals surface area (Å²) < 4.78 is 4.47. The van der Waals surface area contributed by atoms with Crippen LogP contribution < -0.4 is 0 Å². The first-order valence-electron chi connectivity index (χ1n) is 3.39. The average molecular weight is 186 g/mol. The number of carbonyl (C=O) groups is 1. The lowest BCUT2D eigenvalue weighted by atomic mass is 10.3. The van der Waals surface area contributed by atoms with Crippen LogP contribution in [-0.2, 0) is 16.0 Å². The van der Waals surface area contributed by atoms with E-state index in [0.29, 0.717) is 10.7 Å². The van der Waals surface area contributed by atoms with E-state index >= 15 is 0 Å². The molecule has 0 aliphatic rings. The lowest BCUT2D eigenvalue weighted by molar-refractivity contribution is -0.139. The molecule has 0 saturated heterocycles. The Labute approximate surface area is 75.3 Å². The summed E-state index contributed by atoms with van der Waals surface area (Å²) in [7, 11) is 1.35. The number of methoxy groups -OCH3 is 1. The molecule has 0 aliphatic heterocycles. The zero-order valence-corrected chi connectivity index (χ0v) is 7.34. The van der Waals surface area contributed by atoms with E-state index in [1.165, 1.54) is 13.3 Å². The molecule has 1 rings (SSSR count). The number of aromatic nitrogens is 1. The number of hydrogen-bond donors (Lipinski definition) is 0. The zero-order valence-electron chi connectivity index (χ0n) is 6.58. The summed E-state index contributed by atoms with van der Waals surface area (Å²) in [6.45, 7) is 0. The van der Waals surface area contributed by atoms with Crippen molar-refractivity contribution in [3.8, 4) is 0 Å². The summed E-state index contributed by atoms with van der Waals surface area (Å²) in [5.41, 5.74) is 0.659. The number of rotatable bonds is 2. The number of pyridine rings is 1. The molecule has 1 aromatic heterocycles. The number of carbonyl (C=O) groups excluding carboxylic acids is 1. The molecule has 0 unspecified atom stereocenters. The molecule has 0 radical (unpaired) electrons. The first-order chi connectivity index (χ1) is 5.72. The van der Waals surface area contributed by atoms with Crippen LogP contribution >= 0.6 is 11.6 Å². The van der Waals surface area contributed by atoms with Gasteiger partial charge in [-0.15, -0.1) is 0 Å². The fraction of sp³-hybridized carbons (Fsp3) is 0.250. The third-order valence-corrected chi connectivity index (χ3v) is 1.57. The van der Waals surface area contributed by atoms with Gasteiger partial charge in [0.05, 0.1) is 24.2 Å². The van der Waals surface area contributed by atoms with Crippen LogP contribution in [0.25, 0.3) is 0 Å². The number of nitrogens with zero attached hydrogens (tertiary/aromatic N) is 1. The Morgan fingerprint density at radius 2 is 2.42 bits per heavy atom. The van der Waals surface area contributed by atoms with E-state index < -0.39 is 0 Å². The minimum Gasteiger partial charge on any atom is -0.469 e. The van der Waals surface area contributed by atoms with Gasteiger partial charge in [-0.3, -0.25) is 9.78 Å². The van der Waals surface area contributed by atoms with E-state index in [2.05, 4.69) is 9.72 Å². The predicted octanol–water partition coefficient (Wildman–Crippen LogP) is 1.45. The average Bonchev–Trinajstić information content (AvgIpc) is 2.09. The van der Waals surface area contributed by atoms with Crippen molar-refractivity contribution in [1.29, 1.82) is 0 Å². The van der Waals surface area contributed by atoms with Crippen LogP contribution in [0.5, 0.6) is 0 Å². The van der Waals surface area contributed by atoms with Crippen molar-refractivity contribution in [2.24, 2.45) is 0 Å². The van der Waals surface area contributed by atoms with Gasteiger partial charge >= 0.3 is 5.97 Å². The van der Waals surface area contributed by atoms with Gasteiger partial charge in [0.15, 0.2) is 0 Å². The number of esters is 1. The topological polar surface area (TPSA) is 39.2 Å². The predicted molar refractivity (Wildman–Crippen MR) is 45.0 cm³/mol. The Bertz CT molecular complexity index is 271. The van der Waals surface area contributed by atoms with Crippen LogP contribution in [-0.4, -0.2) is 18.1 Å².